The smallest absolute Gasteiger partial charge is 0.270 e. The summed E-state index contributed by atoms with van der Waals surface area (Å²) >= 11 is 0. The number of nitro benzene ring substituents is 1. The van der Waals surface area contributed by atoms with Crippen molar-refractivity contribution in [3.8, 4) is 11.4 Å². The molecule has 1 aromatic carbocycles. The fraction of sp³-hybridized carbons (Fsp3) is 0.500. The van der Waals surface area contributed by atoms with E-state index in [-0.39, 0.29) is 11.8 Å². The molecule has 1 aromatic heterocycles. The van der Waals surface area contributed by atoms with Crippen LogP contribution in [0.5, 0.6) is 0 Å². The molecule has 7 heteroatoms. The lowest BCUT2D eigenvalue weighted by molar-refractivity contribution is -0.384. The van der Waals surface area contributed by atoms with E-state index in [1.165, 1.54) is 12.1 Å². The molecule has 0 amide bonds. The van der Waals surface area contributed by atoms with E-state index in [1.807, 2.05) is 13.0 Å². The maximum atomic E-state index is 11.0. The number of aryl methyl sites for hydroxylation is 1. The van der Waals surface area contributed by atoms with E-state index in [0.717, 1.165) is 37.4 Å². The second kappa shape index (κ2) is 8.43. The third-order valence-electron chi connectivity index (χ3n) is 4.62. The molecule has 1 saturated heterocycles. The molecule has 144 valence electrons. The second-order valence-electron chi connectivity index (χ2n) is 7.51. The standard InChI is InChI=1S/C20H26N4O3/c1-13(2)9-18-12-16(7-8-27-18)22-19-10-14(3)21-20(23-19)15-5-4-6-17(11-15)24(25)26/h4-6,10-11,13,16,18H,7-9,12H2,1-3H3,(H,21,22,23)/t16-,18-/m1/s1. The van der Waals surface area contributed by atoms with Gasteiger partial charge in [-0.3, -0.25) is 10.1 Å². The van der Waals surface area contributed by atoms with Crippen LogP contribution in [0.25, 0.3) is 11.4 Å². The Kier molecular flexibility index (Phi) is 6.01. The summed E-state index contributed by atoms with van der Waals surface area (Å²) in [5.41, 5.74) is 1.49. The molecule has 27 heavy (non-hydrogen) atoms. The average Bonchev–Trinajstić information content (AvgIpc) is 2.61. The van der Waals surface area contributed by atoms with Crippen LogP contribution in [0.1, 0.15) is 38.8 Å². The molecule has 0 spiro atoms. The zero-order chi connectivity index (χ0) is 19.4. The highest BCUT2D eigenvalue weighted by Crippen LogP contribution is 2.25. The van der Waals surface area contributed by atoms with Gasteiger partial charge in [0.1, 0.15) is 5.82 Å². The van der Waals surface area contributed by atoms with Crippen LogP contribution >= 0.6 is 0 Å². The van der Waals surface area contributed by atoms with Gasteiger partial charge in [-0.15, -0.1) is 0 Å². The number of ether oxygens (including phenoxy) is 1. The van der Waals surface area contributed by atoms with Crippen LogP contribution < -0.4 is 5.32 Å². The Labute approximate surface area is 159 Å². The summed E-state index contributed by atoms with van der Waals surface area (Å²) in [7, 11) is 0. The molecule has 1 aliphatic heterocycles. The van der Waals surface area contributed by atoms with Crippen molar-refractivity contribution in [3.05, 3.63) is 46.1 Å². The van der Waals surface area contributed by atoms with Crippen LogP contribution in [0.4, 0.5) is 11.5 Å². The molecule has 2 heterocycles. The van der Waals surface area contributed by atoms with Crippen LogP contribution in [0, 0.1) is 23.0 Å². The summed E-state index contributed by atoms with van der Waals surface area (Å²) in [6, 6.07) is 8.63. The zero-order valence-corrected chi connectivity index (χ0v) is 16.0. The van der Waals surface area contributed by atoms with Crippen molar-refractivity contribution in [3.63, 3.8) is 0 Å². The molecule has 7 nitrogen and oxygen atoms in total. The highest BCUT2D eigenvalue weighted by Gasteiger charge is 2.23. The van der Waals surface area contributed by atoms with Crippen LogP contribution in [0.3, 0.4) is 0 Å². The van der Waals surface area contributed by atoms with Crippen LogP contribution in [0.15, 0.2) is 30.3 Å². The quantitative estimate of drug-likeness (QED) is 0.600. The molecule has 1 fully saturated rings. The number of nitro groups is 1. The van der Waals surface area contributed by atoms with Gasteiger partial charge >= 0.3 is 0 Å². The van der Waals surface area contributed by atoms with Gasteiger partial charge in [0.25, 0.3) is 5.69 Å². The average molecular weight is 370 g/mol. The van der Waals surface area contributed by atoms with Gasteiger partial charge in [0.2, 0.25) is 0 Å². The summed E-state index contributed by atoms with van der Waals surface area (Å²) in [6.07, 6.45) is 3.22. The fourth-order valence-corrected chi connectivity index (χ4v) is 3.44. The molecule has 0 saturated carbocycles. The summed E-state index contributed by atoms with van der Waals surface area (Å²) < 4.78 is 5.87. The van der Waals surface area contributed by atoms with Gasteiger partial charge in [0, 0.05) is 42.1 Å². The number of aromatic nitrogens is 2. The molecule has 0 radical (unpaired) electrons. The largest absolute Gasteiger partial charge is 0.378 e. The van der Waals surface area contributed by atoms with Gasteiger partial charge < -0.3 is 10.1 Å². The number of nitrogens with zero attached hydrogens (tertiary/aromatic N) is 3. The van der Waals surface area contributed by atoms with Gasteiger partial charge in [0.05, 0.1) is 11.0 Å². The predicted molar refractivity (Wildman–Crippen MR) is 105 cm³/mol. The number of benzene rings is 1. The molecule has 0 aliphatic carbocycles. The Balaban J connectivity index is 1.77. The fourth-order valence-electron chi connectivity index (χ4n) is 3.44. The number of rotatable bonds is 6. The van der Waals surface area contributed by atoms with Gasteiger partial charge in [-0.05, 0) is 32.1 Å². The van der Waals surface area contributed by atoms with Crippen molar-refractivity contribution in [2.75, 3.05) is 11.9 Å². The first-order valence-electron chi connectivity index (χ1n) is 9.39. The molecule has 0 bridgehead atoms. The monoisotopic (exact) mass is 370 g/mol. The summed E-state index contributed by atoms with van der Waals surface area (Å²) in [4.78, 5) is 19.7. The number of hydrogen-bond donors (Lipinski definition) is 1. The summed E-state index contributed by atoms with van der Waals surface area (Å²) in [5.74, 6) is 1.85. The second-order valence-corrected chi connectivity index (χ2v) is 7.51. The van der Waals surface area contributed by atoms with Crippen LogP contribution in [-0.2, 0) is 4.74 Å². The van der Waals surface area contributed by atoms with Crippen molar-refractivity contribution in [1.82, 2.24) is 9.97 Å². The first-order chi connectivity index (χ1) is 12.9. The molecule has 2 aromatic rings. The number of nitrogens with one attached hydrogen (secondary N) is 1. The topological polar surface area (TPSA) is 90.2 Å². The van der Waals surface area contributed by atoms with Crippen LogP contribution in [-0.4, -0.2) is 33.6 Å². The Morgan fingerprint density at radius 2 is 2.15 bits per heavy atom. The number of anilines is 1. The molecule has 2 atom stereocenters. The van der Waals surface area contributed by atoms with Crippen molar-refractivity contribution >= 4 is 11.5 Å². The Bertz CT molecular complexity index is 810. The molecule has 1 N–H and O–H groups in total. The first-order valence-corrected chi connectivity index (χ1v) is 9.39. The maximum absolute atomic E-state index is 11.0. The van der Waals surface area contributed by atoms with E-state index in [4.69, 9.17) is 4.74 Å². The molecular formula is C20H26N4O3. The van der Waals surface area contributed by atoms with Crippen molar-refractivity contribution in [2.24, 2.45) is 5.92 Å². The highest BCUT2D eigenvalue weighted by atomic mass is 16.6. The minimum Gasteiger partial charge on any atom is -0.378 e. The summed E-state index contributed by atoms with van der Waals surface area (Å²) in [6.45, 7) is 7.06. The lowest BCUT2D eigenvalue weighted by Gasteiger charge is -2.31. The van der Waals surface area contributed by atoms with Gasteiger partial charge in [-0.1, -0.05) is 26.0 Å². The normalized spacial score (nSPS) is 19.9. The van der Waals surface area contributed by atoms with E-state index >= 15 is 0 Å². The van der Waals surface area contributed by atoms with Gasteiger partial charge in [0.15, 0.2) is 5.82 Å². The van der Waals surface area contributed by atoms with Gasteiger partial charge in [-0.2, -0.15) is 0 Å². The molecular weight excluding hydrogens is 344 g/mol. The third-order valence-corrected chi connectivity index (χ3v) is 4.62. The van der Waals surface area contributed by atoms with E-state index in [2.05, 4.69) is 29.1 Å². The number of non-ortho nitro benzene ring substituents is 1. The zero-order valence-electron chi connectivity index (χ0n) is 16.0. The van der Waals surface area contributed by atoms with E-state index in [1.54, 1.807) is 12.1 Å². The number of hydrogen-bond acceptors (Lipinski definition) is 6. The lowest BCUT2D eigenvalue weighted by Crippen LogP contribution is -2.35. The predicted octanol–water partition coefficient (Wildman–Crippen LogP) is 4.37. The third kappa shape index (κ3) is 5.23. The van der Waals surface area contributed by atoms with Crippen LogP contribution in [0.2, 0.25) is 0 Å². The summed E-state index contributed by atoms with van der Waals surface area (Å²) in [5, 5.41) is 14.5. The van der Waals surface area contributed by atoms with Crippen molar-refractivity contribution < 1.29 is 9.66 Å². The SMILES string of the molecule is Cc1cc(N[C@@H]2CCO[C@H](CC(C)C)C2)nc(-c2cccc([N+](=O)[O-])c2)n1. The minimum absolute atomic E-state index is 0.0353. The Morgan fingerprint density at radius 1 is 1.33 bits per heavy atom. The van der Waals surface area contributed by atoms with E-state index in [9.17, 15) is 10.1 Å². The van der Waals surface area contributed by atoms with E-state index < -0.39 is 4.92 Å². The lowest BCUT2D eigenvalue weighted by atomic mass is 9.96. The Morgan fingerprint density at radius 3 is 2.89 bits per heavy atom. The maximum Gasteiger partial charge on any atom is 0.270 e. The minimum atomic E-state index is -0.407. The highest BCUT2D eigenvalue weighted by molar-refractivity contribution is 5.61. The van der Waals surface area contributed by atoms with E-state index in [0.29, 0.717) is 23.3 Å². The van der Waals surface area contributed by atoms with Gasteiger partial charge in [-0.25, -0.2) is 9.97 Å². The Hall–Kier alpha value is -2.54. The molecule has 1 aliphatic rings. The van der Waals surface area contributed by atoms with Crippen molar-refractivity contribution in [2.45, 2.75) is 52.2 Å². The first kappa shape index (κ1) is 19.2. The molecule has 0 unspecified atom stereocenters. The van der Waals surface area contributed by atoms with Crippen molar-refractivity contribution in [1.29, 1.82) is 0 Å². The molecule has 3 rings (SSSR count).